The zero-order valence-corrected chi connectivity index (χ0v) is 11.3. The fourth-order valence-electron chi connectivity index (χ4n) is 1.35. The molecule has 0 fully saturated rings. The molecule has 0 saturated heterocycles. The van der Waals surface area contributed by atoms with Crippen molar-refractivity contribution in [3.05, 3.63) is 35.4 Å². The third kappa shape index (κ3) is 6.42. The normalized spacial score (nSPS) is 11.6. The van der Waals surface area contributed by atoms with Gasteiger partial charge in [-0.05, 0) is 23.8 Å². The fraction of sp³-hybridized carbons (Fsp3) is 0.231. The van der Waals surface area contributed by atoms with Gasteiger partial charge in [-0.15, -0.1) is 13.2 Å². The van der Waals surface area contributed by atoms with Crippen molar-refractivity contribution in [1.29, 1.82) is 0 Å². The molecule has 0 saturated carbocycles. The number of benzene rings is 1. The van der Waals surface area contributed by atoms with Crippen LogP contribution in [0.5, 0.6) is 5.75 Å². The molecule has 1 rings (SSSR count). The Labute approximate surface area is 117 Å². The Morgan fingerprint density at radius 1 is 1.30 bits per heavy atom. The maximum absolute atomic E-state index is 12.1. The summed E-state index contributed by atoms with van der Waals surface area (Å²) >= 11 is 1.07. The van der Waals surface area contributed by atoms with Crippen LogP contribution >= 0.6 is 11.8 Å². The molecule has 1 aromatic rings. The van der Waals surface area contributed by atoms with Crippen LogP contribution in [0.4, 0.5) is 13.2 Å². The Morgan fingerprint density at radius 2 is 1.95 bits per heavy atom. The molecule has 0 spiro atoms. The van der Waals surface area contributed by atoms with E-state index in [4.69, 9.17) is 0 Å². The van der Waals surface area contributed by atoms with E-state index in [1.165, 1.54) is 19.1 Å². The first-order valence-corrected chi connectivity index (χ1v) is 6.44. The summed E-state index contributed by atoms with van der Waals surface area (Å²) in [4.78, 5) is 21.4. The molecule has 0 aromatic heterocycles. The average molecular weight is 304 g/mol. The lowest BCUT2D eigenvalue weighted by Gasteiger charge is -2.09. The number of rotatable bonds is 5. The molecule has 0 bridgehead atoms. The summed E-state index contributed by atoms with van der Waals surface area (Å²) in [5, 5.41) is -0.0580. The van der Waals surface area contributed by atoms with Crippen LogP contribution in [0.25, 0.3) is 6.08 Å². The molecular weight excluding hydrogens is 293 g/mol. The van der Waals surface area contributed by atoms with Gasteiger partial charge in [0.15, 0.2) is 5.12 Å². The second-order valence-electron chi connectivity index (χ2n) is 3.71. The van der Waals surface area contributed by atoms with Crippen LogP contribution in [0, 0.1) is 0 Å². The van der Waals surface area contributed by atoms with Crippen molar-refractivity contribution in [2.24, 2.45) is 0 Å². The molecule has 0 radical (unpaired) electrons. The molecule has 1 aromatic carbocycles. The molecular formula is C13H11F3O3S. The first-order chi connectivity index (χ1) is 9.30. The number of thioether (sulfide) groups is 1. The molecule has 0 aliphatic heterocycles. The van der Waals surface area contributed by atoms with E-state index in [9.17, 15) is 22.8 Å². The molecule has 0 unspecified atom stereocenters. The minimum Gasteiger partial charge on any atom is -0.406 e. The van der Waals surface area contributed by atoms with E-state index in [2.05, 4.69) is 4.74 Å². The Kier molecular flexibility index (Phi) is 5.82. The molecule has 7 heteroatoms. The van der Waals surface area contributed by atoms with Gasteiger partial charge in [0.1, 0.15) is 12.0 Å². The largest absolute Gasteiger partial charge is 0.573 e. The minimum atomic E-state index is -4.81. The van der Waals surface area contributed by atoms with E-state index < -0.39 is 12.1 Å². The predicted octanol–water partition coefficient (Wildman–Crippen LogP) is 3.69. The molecule has 0 N–H and O–H groups in total. The zero-order valence-electron chi connectivity index (χ0n) is 10.4. The van der Waals surface area contributed by atoms with Crippen LogP contribution < -0.4 is 4.74 Å². The van der Waals surface area contributed by atoms with Gasteiger partial charge >= 0.3 is 6.36 Å². The number of carbonyl (C=O) groups excluding carboxylic acids is 2. The topological polar surface area (TPSA) is 43.4 Å². The van der Waals surface area contributed by atoms with Crippen molar-refractivity contribution in [3.63, 3.8) is 0 Å². The third-order valence-corrected chi connectivity index (χ3v) is 2.78. The molecule has 0 heterocycles. The van der Waals surface area contributed by atoms with Gasteiger partial charge in [0, 0.05) is 18.2 Å². The van der Waals surface area contributed by atoms with Crippen LogP contribution in [0.15, 0.2) is 24.3 Å². The number of ether oxygens (including phenoxy) is 1. The Morgan fingerprint density at radius 3 is 2.50 bits per heavy atom. The maximum atomic E-state index is 12.1. The van der Waals surface area contributed by atoms with Crippen LogP contribution in [-0.4, -0.2) is 23.5 Å². The lowest BCUT2D eigenvalue weighted by molar-refractivity contribution is -0.274. The van der Waals surface area contributed by atoms with E-state index >= 15 is 0 Å². The van der Waals surface area contributed by atoms with Crippen molar-refractivity contribution < 1.29 is 27.5 Å². The third-order valence-electron chi connectivity index (χ3n) is 2.01. The van der Waals surface area contributed by atoms with E-state index in [1.807, 2.05) is 0 Å². The lowest BCUT2D eigenvalue weighted by Crippen LogP contribution is -2.17. The Hall–Kier alpha value is -1.76. The second-order valence-corrected chi connectivity index (χ2v) is 4.90. The number of alkyl halides is 3. The number of aldehydes is 1. The van der Waals surface area contributed by atoms with Crippen LogP contribution in [0.3, 0.4) is 0 Å². The molecule has 3 nitrogen and oxygen atoms in total. The van der Waals surface area contributed by atoms with Crippen molar-refractivity contribution in [2.75, 3.05) is 5.75 Å². The van der Waals surface area contributed by atoms with Gasteiger partial charge in [-0.1, -0.05) is 23.9 Å². The van der Waals surface area contributed by atoms with Crippen molar-refractivity contribution in [2.45, 2.75) is 13.3 Å². The van der Waals surface area contributed by atoms with Crippen LogP contribution in [-0.2, 0) is 4.79 Å². The minimum absolute atomic E-state index is 0.0580. The van der Waals surface area contributed by atoms with E-state index in [0.29, 0.717) is 17.6 Å². The highest BCUT2D eigenvalue weighted by molar-refractivity contribution is 8.13. The first-order valence-electron chi connectivity index (χ1n) is 5.46. The Balaban J connectivity index is 2.87. The summed E-state index contributed by atoms with van der Waals surface area (Å²) in [5.74, 6) is -0.0585. The SMILES string of the molecule is CC(=O)SCC=Cc1cc(C=O)cc(OC(F)(F)F)c1. The van der Waals surface area contributed by atoms with E-state index in [0.717, 1.165) is 23.9 Å². The fourth-order valence-corrected chi connectivity index (χ4v) is 1.78. The van der Waals surface area contributed by atoms with Gasteiger partial charge in [-0.2, -0.15) is 0 Å². The molecule has 0 aliphatic rings. The van der Waals surface area contributed by atoms with E-state index in [1.54, 1.807) is 6.08 Å². The van der Waals surface area contributed by atoms with Crippen LogP contribution in [0.2, 0.25) is 0 Å². The van der Waals surface area contributed by atoms with Gasteiger partial charge < -0.3 is 4.74 Å². The van der Waals surface area contributed by atoms with Gasteiger partial charge in [0.05, 0.1) is 0 Å². The van der Waals surface area contributed by atoms with Crippen molar-refractivity contribution in [1.82, 2.24) is 0 Å². The molecule has 0 atom stereocenters. The lowest BCUT2D eigenvalue weighted by atomic mass is 10.1. The standard InChI is InChI=1S/C13H11F3O3S/c1-9(18)20-4-2-3-10-5-11(8-17)7-12(6-10)19-13(14,15)16/h2-3,5-8H,4H2,1H3. The molecule has 0 amide bonds. The summed E-state index contributed by atoms with van der Waals surface area (Å²) in [5.41, 5.74) is 0.462. The summed E-state index contributed by atoms with van der Waals surface area (Å²) in [6.07, 6.45) is -1.24. The number of hydrogen-bond acceptors (Lipinski definition) is 4. The summed E-state index contributed by atoms with van der Waals surface area (Å²) in [6, 6.07) is 3.59. The monoisotopic (exact) mass is 304 g/mol. The number of carbonyl (C=O) groups is 2. The summed E-state index contributed by atoms with van der Waals surface area (Å²) in [6.45, 7) is 1.42. The van der Waals surface area contributed by atoms with Crippen LogP contribution in [0.1, 0.15) is 22.8 Å². The smallest absolute Gasteiger partial charge is 0.406 e. The van der Waals surface area contributed by atoms with Gasteiger partial charge in [0.2, 0.25) is 0 Å². The highest BCUT2D eigenvalue weighted by Gasteiger charge is 2.31. The van der Waals surface area contributed by atoms with Gasteiger partial charge in [-0.25, -0.2) is 0 Å². The Bertz CT molecular complexity index is 524. The summed E-state index contributed by atoms with van der Waals surface area (Å²) in [7, 11) is 0. The predicted molar refractivity (Wildman–Crippen MR) is 70.7 cm³/mol. The van der Waals surface area contributed by atoms with Gasteiger partial charge in [-0.3, -0.25) is 9.59 Å². The second kappa shape index (κ2) is 7.14. The maximum Gasteiger partial charge on any atom is 0.573 e. The molecule has 20 heavy (non-hydrogen) atoms. The van der Waals surface area contributed by atoms with E-state index in [-0.39, 0.29) is 10.7 Å². The zero-order chi connectivity index (χ0) is 15.2. The van der Waals surface area contributed by atoms with Gasteiger partial charge in [0.25, 0.3) is 0 Å². The number of hydrogen-bond donors (Lipinski definition) is 0. The molecule has 108 valence electrons. The van der Waals surface area contributed by atoms with Crippen molar-refractivity contribution >= 4 is 29.2 Å². The number of halogens is 3. The highest BCUT2D eigenvalue weighted by atomic mass is 32.2. The highest BCUT2D eigenvalue weighted by Crippen LogP contribution is 2.25. The summed E-state index contributed by atoms with van der Waals surface area (Å²) < 4.78 is 40.2. The molecule has 0 aliphatic carbocycles. The first kappa shape index (κ1) is 16.3. The quantitative estimate of drug-likeness (QED) is 0.778. The average Bonchev–Trinajstić information content (AvgIpc) is 2.32. The van der Waals surface area contributed by atoms with Crippen molar-refractivity contribution in [3.8, 4) is 5.75 Å².